The lowest BCUT2D eigenvalue weighted by atomic mass is 10.2. The molecular formula is C11H13BrN2O2S. The summed E-state index contributed by atoms with van der Waals surface area (Å²) in [6, 6.07) is 0. The molecule has 0 amide bonds. The topological polar surface area (TPSA) is 63.1 Å². The molecule has 6 heteroatoms. The van der Waals surface area contributed by atoms with Crippen LogP contribution in [0.4, 0.5) is 0 Å². The first-order valence-corrected chi connectivity index (χ1v) is 6.80. The number of carbonyl (C=O) groups is 1. The molecule has 0 saturated carbocycles. The molecule has 0 aliphatic carbocycles. The smallest absolute Gasteiger partial charge is 0.340 e. The molecule has 0 saturated heterocycles. The Morgan fingerprint density at radius 1 is 1.53 bits per heavy atom. The molecule has 1 aromatic heterocycles. The number of nitrogens with zero attached hydrogens (tertiary/aromatic N) is 2. The zero-order valence-corrected chi connectivity index (χ0v) is 12.1. The summed E-state index contributed by atoms with van der Waals surface area (Å²) in [5, 5.41) is 9.65. The van der Waals surface area contributed by atoms with E-state index < -0.39 is 5.97 Å². The van der Waals surface area contributed by atoms with E-state index >= 15 is 0 Å². The minimum Gasteiger partial charge on any atom is -0.478 e. The molecule has 0 radical (unpaired) electrons. The van der Waals surface area contributed by atoms with E-state index in [1.165, 1.54) is 11.8 Å². The largest absolute Gasteiger partial charge is 0.478 e. The maximum Gasteiger partial charge on any atom is 0.340 e. The Kier molecular flexibility index (Phi) is 5.14. The summed E-state index contributed by atoms with van der Waals surface area (Å²) >= 11 is 4.59. The second-order valence-corrected chi connectivity index (χ2v) is 5.46. The Bertz CT molecular complexity index is 463. The molecule has 92 valence electrons. The highest BCUT2D eigenvalue weighted by Gasteiger charge is 2.17. The van der Waals surface area contributed by atoms with E-state index in [2.05, 4.69) is 32.5 Å². The van der Waals surface area contributed by atoms with Gasteiger partial charge < -0.3 is 5.11 Å². The lowest BCUT2D eigenvalue weighted by Gasteiger charge is -2.08. The zero-order valence-electron chi connectivity index (χ0n) is 9.66. The molecule has 17 heavy (non-hydrogen) atoms. The molecule has 0 aliphatic rings. The highest BCUT2D eigenvalue weighted by molar-refractivity contribution is 9.11. The van der Waals surface area contributed by atoms with Crippen LogP contribution in [0.25, 0.3) is 0 Å². The molecular weight excluding hydrogens is 304 g/mol. The number of aryl methyl sites for hydroxylation is 2. The van der Waals surface area contributed by atoms with Gasteiger partial charge >= 0.3 is 5.97 Å². The van der Waals surface area contributed by atoms with Crippen molar-refractivity contribution in [3.8, 4) is 0 Å². The molecule has 1 N–H and O–H groups in total. The minimum absolute atomic E-state index is 0.181. The lowest BCUT2D eigenvalue weighted by molar-refractivity contribution is 0.0690. The number of rotatable bonds is 5. The van der Waals surface area contributed by atoms with Gasteiger partial charge in [0, 0.05) is 12.2 Å². The van der Waals surface area contributed by atoms with Crippen LogP contribution in [0, 0.1) is 6.92 Å². The van der Waals surface area contributed by atoms with Gasteiger partial charge in [0.2, 0.25) is 0 Å². The Labute approximate surface area is 113 Å². The van der Waals surface area contributed by atoms with Crippen LogP contribution in [-0.2, 0) is 6.42 Å². The van der Waals surface area contributed by atoms with Gasteiger partial charge in [-0.1, -0.05) is 29.4 Å². The van der Waals surface area contributed by atoms with Gasteiger partial charge in [0.1, 0.15) is 16.4 Å². The molecule has 0 aliphatic heterocycles. The second-order valence-electron chi connectivity index (χ2n) is 3.37. The van der Waals surface area contributed by atoms with Crippen LogP contribution in [0.1, 0.15) is 28.8 Å². The SMILES string of the molecule is C=C(Br)CSc1nc(CC)nc(C)c1C(=O)O. The highest BCUT2D eigenvalue weighted by Crippen LogP contribution is 2.25. The van der Waals surface area contributed by atoms with Gasteiger partial charge in [-0.3, -0.25) is 0 Å². The van der Waals surface area contributed by atoms with Crippen molar-refractivity contribution in [1.29, 1.82) is 0 Å². The predicted octanol–water partition coefficient (Wildman–Crippen LogP) is 3.05. The fourth-order valence-corrected chi connectivity index (χ4v) is 2.44. The Morgan fingerprint density at radius 3 is 2.65 bits per heavy atom. The lowest BCUT2D eigenvalue weighted by Crippen LogP contribution is -2.09. The average molecular weight is 317 g/mol. The van der Waals surface area contributed by atoms with Crippen LogP contribution in [-0.4, -0.2) is 26.8 Å². The van der Waals surface area contributed by atoms with Gasteiger partial charge in [0.15, 0.2) is 0 Å². The number of halogens is 1. The standard InChI is InChI=1S/C11H13BrN2O2S/c1-4-8-13-7(3)9(11(15)16)10(14-8)17-5-6(2)12/h2,4-5H2,1,3H3,(H,15,16). The summed E-state index contributed by atoms with van der Waals surface area (Å²) in [5.41, 5.74) is 0.688. The molecule has 0 aromatic carbocycles. The van der Waals surface area contributed by atoms with E-state index in [0.717, 1.165) is 4.48 Å². The van der Waals surface area contributed by atoms with Crippen molar-refractivity contribution in [2.75, 3.05) is 5.75 Å². The Morgan fingerprint density at radius 2 is 2.18 bits per heavy atom. The van der Waals surface area contributed by atoms with Crippen molar-refractivity contribution in [3.05, 3.63) is 28.1 Å². The summed E-state index contributed by atoms with van der Waals surface area (Å²) in [6.07, 6.45) is 0.684. The monoisotopic (exact) mass is 316 g/mol. The number of carboxylic acid groups (broad SMARTS) is 1. The van der Waals surface area contributed by atoms with Crippen molar-refractivity contribution in [2.24, 2.45) is 0 Å². The molecule has 4 nitrogen and oxygen atoms in total. The second kappa shape index (κ2) is 6.16. The van der Waals surface area contributed by atoms with Crippen molar-refractivity contribution in [1.82, 2.24) is 9.97 Å². The molecule has 1 heterocycles. The number of carboxylic acids is 1. The maximum absolute atomic E-state index is 11.2. The van der Waals surface area contributed by atoms with Crippen LogP contribution in [0.15, 0.2) is 16.1 Å². The summed E-state index contributed by atoms with van der Waals surface area (Å²) < 4.78 is 0.799. The predicted molar refractivity (Wildman–Crippen MR) is 71.9 cm³/mol. The Balaban J connectivity index is 3.17. The average Bonchev–Trinajstić information content (AvgIpc) is 2.24. The fraction of sp³-hybridized carbons (Fsp3) is 0.364. The van der Waals surface area contributed by atoms with Crippen molar-refractivity contribution >= 4 is 33.7 Å². The van der Waals surface area contributed by atoms with E-state index in [1.807, 2.05) is 6.92 Å². The first-order chi connectivity index (χ1) is 7.95. The van der Waals surface area contributed by atoms with Gasteiger partial charge in [0.05, 0.1) is 5.69 Å². The Hall–Kier alpha value is -0.880. The normalized spacial score (nSPS) is 10.3. The van der Waals surface area contributed by atoms with Gasteiger partial charge in [0.25, 0.3) is 0 Å². The van der Waals surface area contributed by atoms with Crippen LogP contribution in [0.3, 0.4) is 0 Å². The third kappa shape index (κ3) is 3.81. The molecule has 1 aromatic rings. The van der Waals surface area contributed by atoms with E-state index in [9.17, 15) is 4.79 Å². The summed E-state index contributed by atoms with van der Waals surface area (Å²) in [4.78, 5) is 19.6. The third-order valence-electron chi connectivity index (χ3n) is 2.00. The van der Waals surface area contributed by atoms with E-state index in [1.54, 1.807) is 6.92 Å². The number of aromatic carboxylic acids is 1. The molecule has 0 bridgehead atoms. The first kappa shape index (κ1) is 14.2. The van der Waals surface area contributed by atoms with Crippen molar-refractivity contribution in [3.63, 3.8) is 0 Å². The number of thioether (sulfide) groups is 1. The maximum atomic E-state index is 11.2. The van der Waals surface area contributed by atoms with Crippen LogP contribution in [0.2, 0.25) is 0 Å². The molecule has 0 spiro atoms. The number of hydrogen-bond acceptors (Lipinski definition) is 4. The third-order valence-corrected chi connectivity index (χ3v) is 3.71. The van der Waals surface area contributed by atoms with Gasteiger partial charge in [-0.05, 0) is 11.4 Å². The van der Waals surface area contributed by atoms with Crippen molar-refractivity contribution in [2.45, 2.75) is 25.3 Å². The fourth-order valence-electron chi connectivity index (χ4n) is 1.26. The number of aromatic nitrogens is 2. The highest BCUT2D eigenvalue weighted by atomic mass is 79.9. The van der Waals surface area contributed by atoms with Crippen LogP contribution >= 0.6 is 27.7 Å². The summed E-state index contributed by atoms with van der Waals surface area (Å²) in [6.45, 7) is 7.34. The summed E-state index contributed by atoms with van der Waals surface area (Å²) in [5.74, 6) is 0.253. The van der Waals surface area contributed by atoms with E-state index in [4.69, 9.17) is 5.11 Å². The first-order valence-electron chi connectivity index (χ1n) is 5.02. The zero-order chi connectivity index (χ0) is 13.0. The summed E-state index contributed by atoms with van der Waals surface area (Å²) in [7, 11) is 0. The minimum atomic E-state index is -0.993. The molecule has 0 fully saturated rings. The van der Waals surface area contributed by atoms with Crippen LogP contribution < -0.4 is 0 Å². The van der Waals surface area contributed by atoms with E-state index in [-0.39, 0.29) is 5.56 Å². The quantitative estimate of drug-likeness (QED) is 0.668. The van der Waals surface area contributed by atoms with Crippen molar-refractivity contribution < 1.29 is 9.90 Å². The van der Waals surface area contributed by atoms with Crippen LogP contribution in [0.5, 0.6) is 0 Å². The van der Waals surface area contributed by atoms with Gasteiger partial charge in [-0.2, -0.15) is 0 Å². The number of hydrogen-bond donors (Lipinski definition) is 1. The molecule has 1 rings (SSSR count). The van der Waals surface area contributed by atoms with E-state index in [0.29, 0.717) is 28.7 Å². The van der Waals surface area contributed by atoms with Gasteiger partial charge in [-0.25, -0.2) is 14.8 Å². The molecule has 0 atom stereocenters. The molecule has 0 unspecified atom stereocenters. The van der Waals surface area contributed by atoms with Gasteiger partial charge in [-0.15, -0.1) is 11.8 Å².